The van der Waals surface area contributed by atoms with Gasteiger partial charge in [-0.25, -0.2) is 4.98 Å². The number of amides is 1. The molecule has 0 bridgehead atoms. The maximum atomic E-state index is 12.8. The molecule has 2 heterocycles. The third-order valence-electron chi connectivity index (χ3n) is 4.25. The van der Waals surface area contributed by atoms with Gasteiger partial charge in [-0.05, 0) is 41.0 Å². The molecule has 0 saturated heterocycles. The smallest absolute Gasteiger partial charge is 0.272 e. The number of fused-ring (bicyclic) bond motifs is 1. The minimum atomic E-state index is -0.110. The number of carbonyl (C=O) groups excluding carboxylic acids is 1. The fraction of sp³-hybridized carbons (Fsp3) is 0.381. The van der Waals surface area contributed by atoms with Crippen molar-refractivity contribution in [3.8, 4) is 0 Å². The number of hydrogen-bond donors (Lipinski definition) is 1. The van der Waals surface area contributed by atoms with Crippen molar-refractivity contribution in [2.75, 3.05) is 11.1 Å². The zero-order valence-electron chi connectivity index (χ0n) is 16.6. The largest absolute Gasteiger partial charge is 0.325 e. The van der Waals surface area contributed by atoms with E-state index in [0.29, 0.717) is 33.8 Å². The molecule has 28 heavy (non-hydrogen) atoms. The predicted molar refractivity (Wildman–Crippen MR) is 119 cm³/mol. The average molecular weight is 416 g/mol. The molecule has 0 radical (unpaired) electrons. The van der Waals surface area contributed by atoms with Crippen LogP contribution in [0.1, 0.15) is 39.2 Å². The SMILES string of the molecule is CC(C)Cn1c(SCC(=O)Nc2cccc(C(C)C)c2)nc2ccsc2c1=O. The molecule has 5 nitrogen and oxygen atoms in total. The second-order valence-corrected chi connectivity index (χ2v) is 9.31. The van der Waals surface area contributed by atoms with Crippen LogP contribution in [0.25, 0.3) is 10.2 Å². The molecule has 3 aromatic rings. The van der Waals surface area contributed by atoms with Crippen LogP contribution in [-0.2, 0) is 11.3 Å². The standard InChI is InChI=1S/C21H25N3O2S2/c1-13(2)11-24-20(26)19-17(8-9-27-19)23-21(24)28-12-18(25)22-16-7-5-6-15(10-16)14(3)4/h5-10,13-14H,11-12H2,1-4H3,(H,22,25). The van der Waals surface area contributed by atoms with Crippen molar-refractivity contribution >= 4 is 44.9 Å². The van der Waals surface area contributed by atoms with Gasteiger partial charge in [-0.2, -0.15) is 0 Å². The van der Waals surface area contributed by atoms with Gasteiger partial charge in [0.15, 0.2) is 5.16 Å². The number of thiophene rings is 1. The summed E-state index contributed by atoms with van der Waals surface area (Å²) in [6.45, 7) is 8.95. The molecule has 0 aliphatic rings. The first-order valence-corrected chi connectivity index (χ1v) is 11.2. The number of aromatic nitrogens is 2. The highest BCUT2D eigenvalue weighted by Crippen LogP contribution is 2.23. The van der Waals surface area contributed by atoms with Crippen molar-refractivity contribution in [2.24, 2.45) is 5.92 Å². The molecule has 148 valence electrons. The van der Waals surface area contributed by atoms with Crippen LogP contribution < -0.4 is 10.9 Å². The third kappa shape index (κ3) is 4.83. The topological polar surface area (TPSA) is 64.0 Å². The fourth-order valence-electron chi connectivity index (χ4n) is 2.86. The van der Waals surface area contributed by atoms with E-state index >= 15 is 0 Å². The van der Waals surface area contributed by atoms with Gasteiger partial charge in [0, 0.05) is 12.2 Å². The highest BCUT2D eigenvalue weighted by Gasteiger charge is 2.15. The number of benzene rings is 1. The van der Waals surface area contributed by atoms with Crippen LogP contribution in [0.15, 0.2) is 45.7 Å². The highest BCUT2D eigenvalue weighted by atomic mass is 32.2. The van der Waals surface area contributed by atoms with E-state index in [4.69, 9.17) is 0 Å². The average Bonchev–Trinajstić information content (AvgIpc) is 3.11. The second kappa shape index (κ2) is 8.92. The predicted octanol–water partition coefficient (Wildman–Crippen LogP) is 4.97. The first-order valence-electron chi connectivity index (χ1n) is 9.35. The van der Waals surface area contributed by atoms with Crippen molar-refractivity contribution in [1.82, 2.24) is 9.55 Å². The summed E-state index contributed by atoms with van der Waals surface area (Å²) in [5.41, 5.74) is 2.64. The van der Waals surface area contributed by atoms with Gasteiger partial charge in [-0.3, -0.25) is 14.2 Å². The van der Waals surface area contributed by atoms with E-state index in [1.54, 1.807) is 4.57 Å². The third-order valence-corrected chi connectivity index (χ3v) is 6.12. The van der Waals surface area contributed by atoms with Crippen LogP contribution in [0.5, 0.6) is 0 Å². The Morgan fingerprint density at radius 2 is 2.04 bits per heavy atom. The van der Waals surface area contributed by atoms with E-state index < -0.39 is 0 Å². The van der Waals surface area contributed by atoms with Gasteiger partial charge in [0.2, 0.25) is 5.91 Å². The lowest BCUT2D eigenvalue weighted by Gasteiger charge is -2.14. The quantitative estimate of drug-likeness (QED) is 0.437. The number of rotatable bonds is 7. The summed E-state index contributed by atoms with van der Waals surface area (Å²) >= 11 is 2.71. The Morgan fingerprint density at radius 1 is 1.25 bits per heavy atom. The summed E-state index contributed by atoms with van der Waals surface area (Å²) in [4.78, 5) is 29.9. The van der Waals surface area contributed by atoms with Crippen molar-refractivity contribution < 1.29 is 4.79 Å². The number of hydrogen-bond acceptors (Lipinski definition) is 5. The Hall–Kier alpha value is -2.12. The molecule has 7 heteroatoms. The van der Waals surface area contributed by atoms with Crippen LogP contribution in [0, 0.1) is 5.92 Å². The molecule has 1 N–H and O–H groups in total. The number of carbonyl (C=O) groups is 1. The molecule has 1 amide bonds. The molecule has 0 aliphatic carbocycles. The number of nitrogens with zero attached hydrogens (tertiary/aromatic N) is 2. The molecule has 3 rings (SSSR count). The van der Waals surface area contributed by atoms with Gasteiger partial charge in [0.25, 0.3) is 5.56 Å². The number of nitrogens with one attached hydrogen (secondary N) is 1. The summed E-state index contributed by atoms with van der Waals surface area (Å²) in [6, 6.07) is 9.74. The molecule has 1 aromatic carbocycles. The Labute approximate surface area is 173 Å². The van der Waals surface area contributed by atoms with Gasteiger partial charge in [-0.15, -0.1) is 11.3 Å². The van der Waals surface area contributed by atoms with E-state index in [1.807, 2.05) is 29.6 Å². The van der Waals surface area contributed by atoms with Crippen LogP contribution in [-0.4, -0.2) is 21.2 Å². The highest BCUT2D eigenvalue weighted by molar-refractivity contribution is 7.99. The number of anilines is 1. The Bertz CT molecular complexity index is 1040. The van der Waals surface area contributed by atoms with Gasteiger partial charge in [0.05, 0.1) is 11.3 Å². The van der Waals surface area contributed by atoms with E-state index in [2.05, 4.69) is 44.1 Å². The van der Waals surface area contributed by atoms with Crippen LogP contribution >= 0.6 is 23.1 Å². The monoisotopic (exact) mass is 415 g/mol. The minimum Gasteiger partial charge on any atom is -0.325 e. The molecule has 0 saturated carbocycles. The lowest BCUT2D eigenvalue weighted by atomic mass is 10.0. The molecule has 0 unspecified atom stereocenters. The maximum absolute atomic E-state index is 12.8. The van der Waals surface area contributed by atoms with Crippen LogP contribution in [0.4, 0.5) is 5.69 Å². The molecule has 0 atom stereocenters. The van der Waals surface area contributed by atoms with E-state index in [1.165, 1.54) is 28.7 Å². The molecular weight excluding hydrogens is 390 g/mol. The Morgan fingerprint density at radius 3 is 2.75 bits per heavy atom. The zero-order valence-corrected chi connectivity index (χ0v) is 18.2. The zero-order chi connectivity index (χ0) is 20.3. The summed E-state index contributed by atoms with van der Waals surface area (Å²) in [7, 11) is 0. The molecule has 0 aliphatic heterocycles. The molecular formula is C21H25N3O2S2. The Kier molecular flexibility index (Phi) is 6.57. The molecule has 0 spiro atoms. The summed E-state index contributed by atoms with van der Waals surface area (Å²) in [5, 5.41) is 5.41. The Balaban J connectivity index is 1.76. The van der Waals surface area contributed by atoms with Gasteiger partial charge >= 0.3 is 0 Å². The summed E-state index contributed by atoms with van der Waals surface area (Å²) in [5.74, 6) is 0.801. The summed E-state index contributed by atoms with van der Waals surface area (Å²) in [6.07, 6.45) is 0. The van der Waals surface area contributed by atoms with Gasteiger partial charge in [0.1, 0.15) is 4.70 Å². The lowest BCUT2D eigenvalue weighted by molar-refractivity contribution is -0.113. The van der Waals surface area contributed by atoms with Crippen molar-refractivity contribution in [2.45, 2.75) is 45.3 Å². The maximum Gasteiger partial charge on any atom is 0.272 e. The fourth-order valence-corrected chi connectivity index (χ4v) is 4.45. The van der Waals surface area contributed by atoms with Crippen molar-refractivity contribution in [3.63, 3.8) is 0 Å². The summed E-state index contributed by atoms with van der Waals surface area (Å²) < 4.78 is 2.36. The first kappa shape index (κ1) is 20.6. The van der Waals surface area contributed by atoms with Gasteiger partial charge < -0.3 is 5.32 Å². The minimum absolute atomic E-state index is 0.0266. The lowest BCUT2D eigenvalue weighted by Crippen LogP contribution is -2.25. The van der Waals surface area contributed by atoms with E-state index in [0.717, 1.165) is 5.69 Å². The van der Waals surface area contributed by atoms with E-state index in [9.17, 15) is 9.59 Å². The number of thioether (sulfide) groups is 1. The van der Waals surface area contributed by atoms with Gasteiger partial charge in [-0.1, -0.05) is 51.6 Å². The first-order chi connectivity index (χ1) is 13.3. The second-order valence-electron chi connectivity index (χ2n) is 7.46. The van der Waals surface area contributed by atoms with Crippen LogP contribution in [0.3, 0.4) is 0 Å². The van der Waals surface area contributed by atoms with Crippen molar-refractivity contribution in [1.29, 1.82) is 0 Å². The molecule has 2 aromatic heterocycles. The molecule has 0 fully saturated rings. The van der Waals surface area contributed by atoms with Crippen LogP contribution in [0.2, 0.25) is 0 Å². The van der Waals surface area contributed by atoms with E-state index in [-0.39, 0.29) is 17.2 Å². The van der Waals surface area contributed by atoms with Crippen molar-refractivity contribution in [3.05, 3.63) is 51.6 Å². The normalized spacial score (nSPS) is 11.5.